The number of methoxy groups -OCH3 is 1. The van der Waals surface area contributed by atoms with Gasteiger partial charge in [0.2, 0.25) is 5.95 Å². The molecule has 3 aromatic rings. The molecule has 0 aliphatic carbocycles. The van der Waals surface area contributed by atoms with Crippen LogP contribution >= 0.6 is 0 Å². The van der Waals surface area contributed by atoms with Crippen molar-refractivity contribution in [2.45, 2.75) is 37.8 Å². The van der Waals surface area contributed by atoms with E-state index in [9.17, 15) is 4.21 Å². The van der Waals surface area contributed by atoms with Gasteiger partial charge in [-0.25, -0.2) is 9.50 Å². The molecule has 0 spiro atoms. The van der Waals surface area contributed by atoms with Crippen LogP contribution in [0.4, 0.5) is 5.95 Å². The molecule has 0 amide bonds. The normalized spacial score (nSPS) is 23.0. The van der Waals surface area contributed by atoms with Crippen LogP contribution in [-0.4, -0.2) is 73.1 Å². The Hall–Kier alpha value is -2.30. The van der Waals surface area contributed by atoms with E-state index in [2.05, 4.69) is 27.7 Å². The Bertz CT molecular complexity index is 1080. The Balaban J connectivity index is 1.53. The summed E-state index contributed by atoms with van der Waals surface area (Å²) >= 11 is 0. The zero-order chi connectivity index (χ0) is 21.4. The third kappa shape index (κ3) is 4.11. The standard InChI is InChI=1S/C21H28N6O3S/c1-14(11-29-2)24-21-22-9-20-18(16-8-23-26(10-16)17-12-30-13-17)7-19(27(20)25-21)15-3-5-31(28)6-4-15/h7-10,14-15,17H,3-6,11-13H2,1-2H3,(H,24,25)/t14-,15?,31?/m0/s1. The summed E-state index contributed by atoms with van der Waals surface area (Å²) in [5.74, 6) is 2.39. The molecule has 2 saturated heterocycles. The molecular weight excluding hydrogens is 416 g/mol. The highest BCUT2D eigenvalue weighted by molar-refractivity contribution is 7.85. The van der Waals surface area contributed by atoms with E-state index in [1.807, 2.05) is 28.5 Å². The number of rotatable bonds is 7. The fourth-order valence-corrected chi connectivity index (χ4v) is 5.56. The lowest BCUT2D eigenvalue weighted by Gasteiger charge is -2.25. The van der Waals surface area contributed by atoms with Crippen molar-refractivity contribution in [3.05, 3.63) is 30.4 Å². The molecule has 0 radical (unpaired) electrons. The van der Waals surface area contributed by atoms with E-state index in [0.717, 1.165) is 46.7 Å². The second kappa shape index (κ2) is 8.68. The molecule has 31 heavy (non-hydrogen) atoms. The van der Waals surface area contributed by atoms with Gasteiger partial charge in [0, 0.05) is 64.4 Å². The molecule has 166 valence electrons. The van der Waals surface area contributed by atoms with E-state index in [-0.39, 0.29) is 6.04 Å². The molecule has 1 N–H and O–H groups in total. The lowest BCUT2D eigenvalue weighted by Crippen LogP contribution is -2.30. The summed E-state index contributed by atoms with van der Waals surface area (Å²) in [5, 5.41) is 12.7. The van der Waals surface area contributed by atoms with Gasteiger partial charge in [0.25, 0.3) is 0 Å². The fraction of sp³-hybridized carbons (Fsp3) is 0.571. The van der Waals surface area contributed by atoms with Crippen molar-refractivity contribution in [1.82, 2.24) is 24.4 Å². The van der Waals surface area contributed by atoms with Crippen molar-refractivity contribution in [1.29, 1.82) is 0 Å². The van der Waals surface area contributed by atoms with Crippen molar-refractivity contribution in [3.63, 3.8) is 0 Å². The van der Waals surface area contributed by atoms with Gasteiger partial charge in [0.15, 0.2) is 0 Å². The first-order valence-electron chi connectivity index (χ1n) is 10.7. The quantitative estimate of drug-likeness (QED) is 0.597. The highest BCUT2D eigenvalue weighted by atomic mass is 32.2. The molecule has 0 saturated carbocycles. The van der Waals surface area contributed by atoms with Gasteiger partial charge >= 0.3 is 0 Å². The average molecular weight is 445 g/mol. The van der Waals surface area contributed by atoms with Gasteiger partial charge in [-0.15, -0.1) is 5.10 Å². The third-order valence-electron chi connectivity index (χ3n) is 6.05. The van der Waals surface area contributed by atoms with Gasteiger partial charge in [0.05, 0.1) is 43.8 Å². The molecule has 0 bridgehead atoms. The maximum atomic E-state index is 11.9. The van der Waals surface area contributed by atoms with Gasteiger partial charge in [-0.1, -0.05) is 0 Å². The Morgan fingerprint density at radius 2 is 2.13 bits per heavy atom. The molecule has 10 heteroatoms. The molecule has 2 aliphatic heterocycles. The second-order valence-corrected chi connectivity index (χ2v) is 10.1. The van der Waals surface area contributed by atoms with Crippen molar-refractivity contribution in [3.8, 4) is 11.1 Å². The van der Waals surface area contributed by atoms with E-state index >= 15 is 0 Å². The SMILES string of the molecule is COC[C@H](C)Nc1ncc2c(-c3cnn(C4COC4)c3)cc(C3CCS(=O)CC3)n2n1. The minimum atomic E-state index is -0.702. The maximum absolute atomic E-state index is 11.9. The monoisotopic (exact) mass is 444 g/mol. The predicted octanol–water partition coefficient (Wildman–Crippen LogP) is 2.24. The summed E-state index contributed by atoms with van der Waals surface area (Å²) < 4.78 is 26.4. The first-order chi connectivity index (χ1) is 15.1. The first-order valence-corrected chi connectivity index (χ1v) is 12.2. The van der Waals surface area contributed by atoms with Crippen LogP contribution in [0.15, 0.2) is 24.7 Å². The number of anilines is 1. The van der Waals surface area contributed by atoms with Crippen molar-refractivity contribution in [2.24, 2.45) is 0 Å². The van der Waals surface area contributed by atoms with Crippen molar-refractivity contribution < 1.29 is 13.7 Å². The third-order valence-corrected chi connectivity index (χ3v) is 7.43. The topological polar surface area (TPSA) is 95.6 Å². The number of nitrogens with one attached hydrogen (secondary N) is 1. The molecule has 5 rings (SSSR count). The Morgan fingerprint density at radius 1 is 1.32 bits per heavy atom. The number of fused-ring (bicyclic) bond motifs is 1. The number of hydrogen-bond donors (Lipinski definition) is 1. The van der Waals surface area contributed by atoms with Crippen LogP contribution in [-0.2, 0) is 20.3 Å². The molecule has 5 heterocycles. The zero-order valence-electron chi connectivity index (χ0n) is 17.9. The van der Waals surface area contributed by atoms with E-state index in [0.29, 0.717) is 37.7 Å². The first kappa shape index (κ1) is 20.6. The van der Waals surface area contributed by atoms with Crippen molar-refractivity contribution in [2.75, 3.05) is 43.8 Å². The largest absolute Gasteiger partial charge is 0.383 e. The van der Waals surface area contributed by atoms with Crippen LogP contribution in [0.25, 0.3) is 16.6 Å². The Morgan fingerprint density at radius 3 is 2.84 bits per heavy atom. The number of aromatic nitrogens is 5. The van der Waals surface area contributed by atoms with Gasteiger partial charge in [0.1, 0.15) is 0 Å². The number of ether oxygens (including phenoxy) is 2. The van der Waals surface area contributed by atoms with Gasteiger partial charge < -0.3 is 14.8 Å². The smallest absolute Gasteiger partial charge is 0.241 e. The summed E-state index contributed by atoms with van der Waals surface area (Å²) in [7, 11) is 0.980. The molecule has 1 atom stereocenters. The van der Waals surface area contributed by atoms with Crippen molar-refractivity contribution >= 4 is 22.3 Å². The van der Waals surface area contributed by atoms with E-state index < -0.39 is 10.8 Å². The molecule has 2 aliphatic rings. The minimum Gasteiger partial charge on any atom is -0.383 e. The molecule has 3 aromatic heterocycles. The second-order valence-electron chi connectivity index (χ2n) is 8.39. The summed E-state index contributed by atoms with van der Waals surface area (Å²) in [5.41, 5.74) is 4.22. The average Bonchev–Trinajstić information content (AvgIpc) is 3.32. The van der Waals surface area contributed by atoms with Crippen LogP contribution in [0.5, 0.6) is 0 Å². The molecule has 9 nitrogen and oxygen atoms in total. The van der Waals surface area contributed by atoms with E-state index in [1.165, 1.54) is 0 Å². The molecular formula is C21H28N6O3S. The summed E-state index contributed by atoms with van der Waals surface area (Å²) in [6.45, 7) is 4.03. The zero-order valence-corrected chi connectivity index (χ0v) is 18.7. The van der Waals surface area contributed by atoms with Crippen LogP contribution < -0.4 is 5.32 Å². The number of nitrogens with zero attached hydrogens (tertiary/aromatic N) is 5. The summed E-state index contributed by atoms with van der Waals surface area (Å²) in [6, 6.07) is 2.62. The van der Waals surface area contributed by atoms with Gasteiger partial charge in [-0.3, -0.25) is 8.89 Å². The van der Waals surface area contributed by atoms with Gasteiger partial charge in [-0.2, -0.15) is 5.10 Å². The number of hydrogen-bond acceptors (Lipinski definition) is 7. The molecule has 0 unspecified atom stereocenters. The highest BCUT2D eigenvalue weighted by Crippen LogP contribution is 2.35. The van der Waals surface area contributed by atoms with E-state index in [1.54, 1.807) is 7.11 Å². The Kier molecular flexibility index (Phi) is 5.77. The summed E-state index contributed by atoms with van der Waals surface area (Å²) in [6.07, 6.45) is 7.67. The molecule has 2 fully saturated rings. The predicted molar refractivity (Wildman–Crippen MR) is 119 cm³/mol. The Labute approximate surface area is 183 Å². The minimum absolute atomic E-state index is 0.0981. The van der Waals surface area contributed by atoms with Gasteiger partial charge in [-0.05, 0) is 25.8 Å². The summed E-state index contributed by atoms with van der Waals surface area (Å²) in [4.78, 5) is 4.56. The maximum Gasteiger partial charge on any atom is 0.241 e. The van der Waals surface area contributed by atoms with Crippen LogP contribution in [0.2, 0.25) is 0 Å². The fourth-order valence-electron chi connectivity index (χ4n) is 4.26. The van der Waals surface area contributed by atoms with E-state index in [4.69, 9.17) is 14.6 Å². The molecule has 0 aromatic carbocycles. The lowest BCUT2D eigenvalue weighted by molar-refractivity contribution is -0.0286. The van der Waals surface area contributed by atoms with Crippen LogP contribution in [0.1, 0.15) is 37.4 Å². The lowest BCUT2D eigenvalue weighted by atomic mass is 9.98. The van der Waals surface area contributed by atoms with Crippen LogP contribution in [0.3, 0.4) is 0 Å². The van der Waals surface area contributed by atoms with Crippen LogP contribution in [0, 0.1) is 0 Å². The highest BCUT2D eigenvalue weighted by Gasteiger charge is 2.26.